The Bertz CT molecular complexity index is 1130. The molecule has 0 fully saturated rings. The fraction of sp³-hybridized carbons (Fsp3) is 0.0588. The second kappa shape index (κ2) is 7.28. The van der Waals surface area contributed by atoms with Gasteiger partial charge in [0.25, 0.3) is 11.5 Å². The molecule has 2 aromatic heterocycles. The van der Waals surface area contributed by atoms with E-state index in [0.29, 0.717) is 11.8 Å². The number of aromatic amines is 1. The third kappa shape index (κ3) is 3.64. The van der Waals surface area contributed by atoms with Crippen LogP contribution >= 0.6 is 0 Å². The summed E-state index contributed by atoms with van der Waals surface area (Å²) in [6.07, 6.45) is 2.32. The Morgan fingerprint density at radius 1 is 1.11 bits per heavy atom. The molecule has 1 aromatic carbocycles. The molecule has 2 heterocycles. The lowest BCUT2D eigenvalue weighted by atomic mass is 10.2. The summed E-state index contributed by atoms with van der Waals surface area (Å²) in [4.78, 5) is 42.8. The van der Waals surface area contributed by atoms with Crippen molar-refractivity contribution in [1.82, 2.24) is 14.5 Å². The van der Waals surface area contributed by atoms with Gasteiger partial charge in [0.2, 0.25) is 0 Å². The number of amides is 1. The van der Waals surface area contributed by atoms with Crippen LogP contribution in [0.3, 0.4) is 0 Å². The SMILES string of the molecule is O=C(Nc1ccc(F)c(F)c1F)c1c[nH]c(=O)n(Cc2ccccn2)c1=O. The molecule has 0 unspecified atom stereocenters. The number of hydrogen-bond donors (Lipinski definition) is 2. The first kappa shape index (κ1) is 18.1. The minimum absolute atomic E-state index is 0.199. The van der Waals surface area contributed by atoms with Crippen molar-refractivity contribution in [2.75, 3.05) is 5.32 Å². The number of benzene rings is 1. The largest absolute Gasteiger partial charge is 0.328 e. The highest BCUT2D eigenvalue weighted by Crippen LogP contribution is 2.19. The van der Waals surface area contributed by atoms with Crippen molar-refractivity contribution < 1.29 is 18.0 Å². The summed E-state index contributed by atoms with van der Waals surface area (Å²) in [5, 5.41) is 1.97. The van der Waals surface area contributed by atoms with Gasteiger partial charge in [-0.1, -0.05) is 6.07 Å². The van der Waals surface area contributed by atoms with Crippen molar-refractivity contribution in [3.63, 3.8) is 0 Å². The molecule has 0 aliphatic carbocycles. The monoisotopic (exact) mass is 376 g/mol. The smallest absolute Gasteiger partial charge is 0.319 e. The second-order valence-corrected chi connectivity index (χ2v) is 5.40. The number of H-pyrrole nitrogens is 1. The number of anilines is 1. The summed E-state index contributed by atoms with van der Waals surface area (Å²) in [5.41, 5.74) is -2.50. The van der Waals surface area contributed by atoms with Gasteiger partial charge in [-0.25, -0.2) is 18.0 Å². The van der Waals surface area contributed by atoms with Crippen LogP contribution in [0.15, 0.2) is 52.3 Å². The van der Waals surface area contributed by atoms with Crippen molar-refractivity contribution in [3.8, 4) is 0 Å². The molecule has 27 heavy (non-hydrogen) atoms. The first-order valence-corrected chi connectivity index (χ1v) is 7.55. The maximum absolute atomic E-state index is 13.7. The second-order valence-electron chi connectivity index (χ2n) is 5.40. The van der Waals surface area contributed by atoms with Crippen LogP contribution in [0.4, 0.5) is 18.9 Å². The normalized spacial score (nSPS) is 10.6. The predicted octanol–water partition coefficient (Wildman–Crippen LogP) is 1.65. The van der Waals surface area contributed by atoms with E-state index < -0.39 is 45.9 Å². The lowest BCUT2D eigenvalue weighted by molar-refractivity contribution is 0.102. The maximum Gasteiger partial charge on any atom is 0.328 e. The number of rotatable bonds is 4. The van der Waals surface area contributed by atoms with E-state index in [1.807, 2.05) is 5.32 Å². The average Bonchev–Trinajstić information content (AvgIpc) is 2.66. The Balaban J connectivity index is 1.94. The van der Waals surface area contributed by atoms with Gasteiger partial charge in [0.15, 0.2) is 17.5 Å². The minimum Gasteiger partial charge on any atom is -0.319 e. The molecule has 0 saturated carbocycles. The van der Waals surface area contributed by atoms with E-state index in [1.165, 1.54) is 6.20 Å². The third-order valence-electron chi connectivity index (χ3n) is 3.63. The van der Waals surface area contributed by atoms with Gasteiger partial charge < -0.3 is 10.3 Å². The van der Waals surface area contributed by atoms with Crippen molar-refractivity contribution in [1.29, 1.82) is 0 Å². The number of pyridine rings is 1. The number of halogens is 3. The molecule has 0 radical (unpaired) electrons. The van der Waals surface area contributed by atoms with E-state index in [9.17, 15) is 27.6 Å². The number of carbonyl (C=O) groups excluding carboxylic acids is 1. The molecule has 0 spiro atoms. The van der Waals surface area contributed by atoms with Crippen LogP contribution in [0, 0.1) is 17.5 Å². The van der Waals surface area contributed by atoms with Gasteiger partial charge in [-0.2, -0.15) is 0 Å². The van der Waals surface area contributed by atoms with E-state index >= 15 is 0 Å². The van der Waals surface area contributed by atoms with E-state index in [1.54, 1.807) is 18.2 Å². The number of nitrogens with zero attached hydrogens (tertiary/aromatic N) is 2. The Morgan fingerprint density at radius 3 is 2.59 bits per heavy atom. The van der Waals surface area contributed by atoms with E-state index in [0.717, 1.165) is 16.8 Å². The molecular formula is C17H11F3N4O3. The van der Waals surface area contributed by atoms with Crippen molar-refractivity contribution in [2.24, 2.45) is 0 Å². The van der Waals surface area contributed by atoms with Crippen LogP contribution in [0.2, 0.25) is 0 Å². The molecule has 0 aliphatic rings. The van der Waals surface area contributed by atoms with Crippen molar-refractivity contribution in [3.05, 3.63) is 92.3 Å². The topological polar surface area (TPSA) is 96.8 Å². The van der Waals surface area contributed by atoms with Gasteiger partial charge in [-0.05, 0) is 24.3 Å². The quantitative estimate of drug-likeness (QED) is 0.677. The van der Waals surface area contributed by atoms with Crippen LogP contribution < -0.4 is 16.6 Å². The van der Waals surface area contributed by atoms with Gasteiger partial charge in [-0.15, -0.1) is 0 Å². The molecule has 10 heteroatoms. The summed E-state index contributed by atoms with van der Waals surface area (Å²) >= 11 is 0. The standard InChI is InChI=1S/C17H11F3N4O3/c18-11-4-5-12(14(20)13(11)19)23-15(25)10-7-22-17(27)24(16(10)26)8-9-3-1-2-6-21-9/h1-7H,8H2,(H,22,27)(H,23,25). The fourth-order valence-electron chi connectivity index (χ4n) is 2.28. The molecular weight excluding hydrogens is 365 g/mol. The molecule has 0 aliphatic heterocycles. The molecule has 0 atom stereocenters. The summed E-state index contributed by atoms with van der Waals surface area (Å²) in [6, 6.07) is 6.32. The Kier molecular flexibility index (Phi) is 4.88. The highest BCUT2D eigenvalue weighted by Gasteiger charge is 2.19. The lowest BCUT2D eigenvalue weighted by Gasteiger charge is -2.09. The first-order valence-electron chi connectivity index (χ1n) is 7.55. The van der Waals surface area contributed by atoms with E-state index in [2.05, 4.69) is 9.97 Å². The zero-order valence-corrected chi connectivity index (χ0v) is 13.5. The van der Waals surface area contributed by atoms with Gasteiger partial charge in [0.05, 0.1) is 17.9 Å². The highest BCUT2D eigenvalue weighted by atomic mass is 19.2. The Labute approximate surface area is 149 Å². The first-order chi connectivity index (χ1) is 12.9. The summed E-state index contributed by atoms with van der Waals surface area (Å²) in [6.45, 7) is -0.199. The number of aromatic nitrogens is 3. The van der Waals surface area contributed by atoms with E-state index in [4.69, 9.17) is 0 Å². The Hall–Kier alpha value is -3.69. The van der Waals surface area contributed by atoms with Crippen LogP contribution in [-0.2, 0) is 6.54 Å². The Morgan fingerprint density at radius 2 is 1.89 bits per heavy atom. The average molecular weight is 376 g/mol. The number of carbonyl (C=O) groups is 1. The van der Waals surface area contributed by atoms with E-state index in [-0.39, 0.29) is 6.54 Å². The molecule has 138 valence electrons. The van der Waals surface area contributed by atoms with Gasteiger partial charge in [0, 0.05) is 12.4 Å². The maximum atomic E-state index is 13.7. The summed E-state index contributed by atoms with van der Waals surface area (Å²) in [7, 11) is 0. The van der Waals surface area contributed by atoms with Crippen LogP contribution in [0.25, 0.3) is 0 Å². The molecule has 0 bridgehead atoms. The third-order valence-corrected chi connectivity index (χ3v) is 3.63. The molecule has 1 amide bonds. The van der Waals surface area contributed by atoms with Crippen LogP contribution in [0.5, 0.6) is 0 Å². The number of nitrogens with one attached hydrogen (secondary N) is 2. The summed E-state index contributed by atoms with van der Waals surface area (Å²) < 4.78 is 40.6. The summed E-state index contributed by atoms with van der Waals surface area (Å²) in [5.74, 6) is -5.90. The minimum atomic E-state index is -1.76. The zero-order chi connectivity index (χ0) is 19.6. The van der Waals surface area contributed by atoms with Gasteiger partial charge in [-0.3, -0.25) is 19.1 Å². The van der Waals surface area contributed by atoms with Crippen molar-refractivity contribution >= 4 is 11.6 Å². The molecule has 3 rings (SSSR count). The zero-order valence-electron chi connectivity index (χ0n) is 13.5. The van der Waals surface area contributed by atoms with Gasteiger partial charge >= 0.3 is 5.69 Å². The molecule has 3 aromatic rings. The molecule has 2 N–H and O–H groups in total. The van der Waals surface area contributed by atoms with Gasteiger partial charge in [0.1, 0.15) is 5.56 Å². The van der Waals surface area contributed by atoms with Crippen LogP contribution in [0.1, 0.15) is 16.1 Å². The predicted molar refractivity (Wildman–Crippen MR) is 88.9 cm³/mol. The fourth-order valence-corrected chi connectivity index (χ4v) is 2.28. The number of hydrogen-bond acceptors (Lipinski definition) is 4. The lowest BCUT2D eigenvalue weighted by Crippen LogP contribution is -2.39. The molecule has 7 nitrogen and oxygen atoms in total. The van der Waals surface area contributed by atoms with Crippen LogP contribution in [-0.4, -0.2) is 20.4 Å². The highest BCUT2D eigenvalue weighted by molar-refractivity contribution is 6.03. The molecule has 0 saturated heterocycles. The van der Waals surface area contributed by atoms with Crippen molar-refractivity contribution in [2.45, 2.75) is 6.54 Å².